The lowest BCUT2D eigenvalue weighted by atomic mass is 10.1. The summed E-state index contributed by atoms with van der Waals surface area (Å²) in [7, 11) is 5.10. The summed E-state index contributed by atoms with van der Waals surface area (Å²) in [6.07, 6.45) is 0.295. The summed E-state index contributed by atoms with van der Waals surface area (Å²) in [5.74, 6) is 0.677. The SMILES string of the molecule is COc1cccc(CC(=O)NCc2ccc3c(c2)n(C)c(=O)n3C)c1. The maximum Gasteiger partial charge on any atom is 0.328 e. The molecule has 0 aliphatic rings. The van der Waals surface area contributed by atoms with Gasteiger partial charge in [0.1, 0.15) is 5.75 Å². The number of methoxy groups -OCH3 is 1. The predicted octanol–water partition coefficient (Wildman–Crippen LogP) is 1.74. The quantitative estimate of drug-likeness (QED) is 0.770. The van der Waals surface area contributed by atoms with Gasteiger partial charge in [-0.3, -0.25) is 13.9 Å². The van der Waals surface area contributed by atoms with Gasteiger partial charge in [-0.25, -0.2) is 4.79 Å². The summed E-state index contributed by atoms with van der Waals surface area (Å²) < 4.78 is 8.39. The molecule has 6 heteroatoms. The molecule has 0 bridgehead atoms. The highest BCUT2D eigenvalue weighted by Gasteiger charge is 2.09. The molecule has 1 aromatic heterocycles. The van der Waals surface area contributed by atoms with Gasteiger partial charge in [0.05, 0.1) is 24.6 Å². The summed E-state index contributed by atoms with van der Waals surface area (Å²) >= 11 is 0. The molecule has 2 aromatic carbocycles. The van der Waals surface area contributed by atoms with Crippen LogP contribution in [0, 0.1) is 0 Å². The number of benzene rings is 2. The van der Waals surface area contributed by atoms with Crippen LogP contribution in [0.25, 0.3) is 11.0 Å². The van der Waals surface area contributed by atoms with Crippen molar-refractivity contribution < 1.29 is 9.53 Å². The van der Waals surface area contributed by atoms with E-state index < -0.39 is 0 Å². The Kier molecular flexibility index (Phi) is 4.61. The summed E-state index contributed by atoms with van der Waals surface area (Å²) in [4.78, 5) is 24.1. The molecule has 0 unspecified atom stereocenters. The lowest BCUT2D eigenvalue weighted by Gasteiger charge is -2.07. The highest BCUT2D eigenvalue weighted by Crippen LogP contribution is 2.15. The van der Waals surface area contributed by atoms with Gasteiger partial charge in [0.25, 0.3) is 0 Å². The first kappa shape index (κ1) is 16.8. The van der Waals surface area contributed by atoms with Crippen molar-refractivity contribution in [2.24, 2.45) is 14.1 Å². The van der Waals surface area contributed by atoms with Crippen molar-refractivity contribution in [2.75, 3.05) is 7.11 Å². The molecule has 25 heavy (non-hydrogen) atoms. The van der Waals surface area contributed by atoms with Gasteiger partial charge >= 0.3 is 5.69 Å². The van der Waals surface area contributed by atoms with E-state index in [1.165, 1.54) is 0 Å². The summed E-state index contributed by atoms with van der Waals surface area (Å²) in [5, 5.41) is 2.92. The third-order valence-corrected chi connectivity index (χ3v) is 4.32. The van der Waals surface area contributed by atoms with Crippen LogP contribution in [0.1, 0.15) is 11.1 Å². The molecule has 0 atom stereocenters. The van der Waals surface area contributed by atoms with Crippen LogP contribution in [-0.4, -0.2) is 22.2 Å². The fourth-order valence-electron chi connectivity index (χ4n) is 2.89. The number of aromatic nitrogens is 2. The van der Waals surface area contributed by atoms with Crippen LogP contribution in [0.2, 0.25) is 0 Å². The van der Waals surface area contributed by atoms with Crippen LogP contribution in [0.3, 0.4) is 0 Å². The number of hydrogen-bond donors (Lipinski definition) is 1. The minimum atomic E-state index is -0.0609. The number of amides is 1. The van der Waals surface area contributed by atoms with Gasteiger partial charge in [0.15, 0.2) is 0 Å². The second-order valence-corrected chi connectivity index (χ2v) is 6.03. The minimum absolute atomic E-state index is 0.0599. The zero-order chi connectivity index (χ0) is 18.0. The highest BCUT2D eigenvalue weighted by atomic mass is 16.5. The van der Waals surface area contributed by atoms with Crippen LogP contribution in [0.15, 0.2) is 47.3 Å². The molecular weight excluding hydrogens is 318 g/mol. The van der Waals surface area contributed by atoms with Crippen LogP contribution in [0.5, 0.6) is 5.75 Å². The molecule has 1 amide bonds. The number of nitrogens with zero attached hydrogens (tertiary/aromatic N) is 2. The monoisotopic (exact) mass is 339 g/mol. The number of rotatable bonds is 5. The van der Waals surface area contributed by atoms with E-state index in [9.17, 15) is 9.59 Å². The van der Waals surface area contributed by atoms with Crippen LogP contribution in [-0.2, 0) is 31.9 Å². The number of carbonyl (C=O) groups excluding carboxylic acids is 1. The van der Waals surface area contributed by atoms with Crippen molar-refractivity contribution in [3.05, 3.63) is 64.1 Å². The van der Waals surface area contributed by atoms with Crippen molar-refractivity contribution in [1.82, 2.24) is 14.5 Å². The van der Waals surface area contributed by atoms with E-state index in [1.54, 1.807) is 30.3 Å². The van der Waals surface area contributed by atoms with Gasteiger partial charge in [-0.15, -0.1) is 0 Å². The number of imidazole rings is 1. The number of fused-ring (bicyclic) bond motifs is 1. The number of carbonyl (C=O) groups is 1. The molecule has 3 rings (SSSR count). The van der Waals surface area contributed by atoms with E-state index in [0.29, 0.717) is 13.0 Å². The summed E-state index contributed by atoms with van der Waals surface area (Å²) in [5.41, 5.74) is 3.52. The van der Waals surface area contributed by atoms with Crippen molar-refractivity contribution in [3.63, 3.8) is 0 Å². The zero-order valence-electron chi connectivity index (χ0n) is 14.6. The zero-order valence-corrected chi connectivity index (χ0v) is 14.6. The average Bonchev–Trinajstić information content (AvgIpc) is 2.84. The molecule has 1 N–H and O–H groups in total. The first-order valence-electron chi connectivity index (χ1n) is 8.03. The maximum absolute atomic E-state index is 12.2. The van der Waals surface area contributed by atoms with Gasteiger partial charge in [0.2, 0.25) is 5.91 Å². The average molecular weight is 339 g/mol. The van der Waals surface area contributed by atoms with Gasteiger partial charge in [-0.1, -0.05) is 18.2 Å². The summed E-state index contributed by atoms with van der Waals surface area (Å²) in [6.45, 7) is 0.418. The van der Waals surface area contributed by atoms with Crippen molar-refractivity contribution in [3.8, 4) is 5.75 Å². The fraction of sp³-hybridized carbons (Fsp3) is 0.263. The Bertz CT molecular complexity index is 985. The Morgan fingerprint density at radius 3 is 2.56 bits per heavy atom. The molecular formula is C19H21N3O3. The molecule has 1 heterocycles. The Hall–Kier alpha value is -3.02. The van der Waals surface area contributed by atoms with Crippen LogP contribution in [0.4, 0.5) is 0 Å². The van der Waals surface area contributed by atoms with Gasteiger partial charge in [-0.05, 0) is 35.4 Å². The third-order valence-electron chi connectivity index (χ3n) is 4.32. The van der Waals surface area contributed by atoms with E-state index in [-0.39, 0.29) is 11.6 Å². The number of aryl methyl sites for hydroxylation is 2. The molecule has 0 aliphatic carbocycles. The fourth-order valence-corrected chi connectivity index (χ4v) is 2.89. The second-order valence-electron chi connectivity index (χ2n) is 6.03. The first-order chi connectivity index (χ1) is 12.0. The van der Waals surface area contributed by atoms with Crippen molar-refractivity contribution in [1.29, 1.82) is 0 Å². The molecule has 0 aliphatic heterocycles. The molecule has 0 saturated heterocycles. The summed E-state index contributed by atoms with van der Waals surface area (Å²) in [6, 6.07) is 13.2. The maximum atomic E-state index is 12.2. The van der Waals surface area contributed by atoms with Crippen LogP contribution >= 0.6 is 0 Å². The van der Waals surface area contributed by atoms with E-state index in [1.807, 2.05) is 42.5 Å². The smallest absolute Gasteiger partial charge is 0.328 e. The van der Waals surface area contributed by atoms with Gasteiger partial charge in [0, 0.05) is 20.6 Å². The van der Waals surface area contributed by atoms with Gasteiger partial charge < -0.3 is 10.1 Å². The Labute approximate surface area is 145 Å². The molecule has 0 radical (unpaired) electrons. The van der Waals surface area contributed by atoms with E-state index in [2.05, 4.69) is 5.32 Å². The Morgan fingerprint density at radius 2 is 1.80 bits per heavy atom. The van der Waals surface area contributed by atoms with Crippen molar-refractivity contribution in [2.45, 2.75) is 13.0 Å². The van der Waals surface area contributed by atoms with E-state index >= 15 is 0 Å². The molecule has 130 valence electrons. The van der Waals surface area contributed by atoms with E-state index in [4.69, 9.17) is 4.74 Å². The number of ether oxygens (including phenoxy) is 1. The molecule has 0 spiro atoms. The lowest BCUT2D eigenvalue weighted by molar-refractivity contribution is -0.120. The van der Waals surface area contributed by atoms with Crippen molar-refractivity contribution >= 4 is 16.9 Å². The number of nitrogens with one attached hydrogen (secondary N) is 1. The molecule has 3 aromatic rings. The molecule has 0 fully saturated rings. The number of hydrogen-bond acceptors (Lipinski definition) is 3. The first-order valence-corrected chi connectivity index (χ1v) is 8.03. The Morgan fingerprint density at radius 1 is 1.04 bits per heavy atom. The minimum Gasteiger partial charge on any atom is -0.497 e. The van der Waals surface area contributed by atoms with Gasteiger partial charge in [-0.2, -0.15) is 0 Å². The Balaban J connectivity index is 1.68. The normalized spacial score (nSPS) is 10.8. The third kappa shape index (κ3) is 3.42. The van der Waals surface area contributed by atoms with E-state index in [0.717, 1.165) is 27.9 Å². The standard InChI is InChI=1S/C19H21N3O3/c1-21-16-8-7-14(10-17(16)22(2)19(21)24)12-20-18(23)11-13-5-4-6-15(9-13)25-3/h4-10H,11-12H2,1-3H3,(H,20,23). The molecule has 6 nitrogen and oxygen atoms in total. The topological polar surface area (TPSA) is 65.3 Å². The highest BCUT2D eigenvalue weighted by molar-refractivity contribution is 5.79. The molecule has 0 saturated carbocycles. The lowest BCUT2D eigenvalue weighted by Crippen LogP contribution is -2.24. The second kappa shape index (κ2) is 6.84. The van der Waals surface area contributed by atoms with Crippen LogP contribution < -0.4 is 15.7 Å². The largest absolute Gasteiger partial charge is 0.497 e. The predicted molar refractivity (Wildman–Crippen MR) is 96.7 cm³/mol.